The van der Waals surface area contributed by atoms with Gasteiger partial charge in [-0.2, -0.15) is 0 Å². The summed E-state index contributed by atoms with van der Waals surface area (Å²) < 4.78 is 2.27. The van der Waals surface area contributed by atoms with Crippen LogP contribution in [0, 0.1) is 0 Å². The second-order valence-electron chi connectivity index (χ2n) is 5.39. The molecular formula is C18H26N2. The molecule has 0 saturated heterocycles. The predicted molar refractivity (Wildman–Crippen MR) is 85.7 cm³/mol. The van der Waals surface area contributed by atoms with Crippen molar-refractivity contribution in [3.05, 3.63) is 59.9 Å². The summed E-state index contributed by atoms with van der Waals surface area (Å²) in [5, 5.41) is 3.70. The summed E-state index contributed by atoms with van der Waals surface area (Å²) in [4.78, 5) is 0. The second-order valence-corrected chi connectivity index (χ2v) is 5.39. The zero-order chi connectivity index (χ0) is 14.2. The normalized spacial score (nSPS) is 12.5. The molecule has 2 rings (SSSR count). The molecular weight excluding hydrogens is 244 g/mol. The van der Waals surface area contributed by atoms with Crippen molar-refractivity contribution >= 4 is 0 Å². The first kappa shape index (κ1) is 14.9. The maximum absolute atomic E-state index is 3.70. The Labute approximate surface area is 122 Å². The van der Waals surface area contributed by atoms with Gasteiger partial charge in [-0.1, -0.05) is 50.6 Å². The van der Waals surface area contributed by atoms with Crippen LogP contribution in [-0.2, 0) is 13.1 Å². The molecule has 1 N–H and O–H groups in total. The lowest BCUT2D eigenvalue weighted by atomic mass is 10.0. The van der Waals surface area contributed by atoms with Crippen molar-refractivity contribution in [1.82, 2.24) is 9.88 Å². The minimum Gasteiger partial charge on any atom is -0.354 e. The summed E-state index contributed by atoms with van der Waals surface area (Å²) in [5.74, 6) is 0. The number of hydrogen-bond donors (Lipinski definition) is 1. The first-order chi connectivity index (χ1) is 9.83. The minimum absolute atomic E-state index is 0.454. The number of nitrogens with zero attached hydrogens (tertiary/aromatic N) is 1. The third-order valence-corrected chi connectivity index (χ3v) is 3.63. The molecule has 0 radical (unpaired) electrons. The van der Waals surface area contributed by atoms with Gasteiger partial charge >= 0.3 is 0 Å². The molecule has 2 heteroatoms. The number of nitrogens with one attached hydrogen (secondary N) is 1. The highest BCUT2D eigenvalue weighted by Crippen LogP contribution is 2.18. The van der Waals surface area contributed by atoms with E-state index in [0.29, 0.717) is 6.04 Å². The Morgan fingerprint density at radius 3 is 2.55 bits per heavy atom. The summed E-state index contributed by atoms with van der Waals surface area (Å²) in [6.45, 7) is 6.51. The average Bonchev–Trinajstić information content (AvgIpc) is 2.92. The molecule has 0 aliphatic rings. The van der Waals surface area contributed by atoms with Crippen molar-refractivity contribution in [3.8, 4) is 0 Å². The van der Waals surface area contributed by atoms with Gasteiger partial charge in [-0.25, -0.2) is 0 Å². The van der Waals surface area contributed by atoms with Crippen molar-refractivity contribution in [2.45, 2.75) is 52.2 Å². The Kier molecular flexibility index (Phi) is 5.87. The number of hydrogen-bond acceptors (Lipinski definition) is 1. The summed E-state index contributed by atoms with van der Waals surface area (Å²) in [6, 6.07) is 13.4. The van der Waals surface area contributed by atoms with Crippen molar-refractivity contribution in [3.63, 3.8) is 0 Å². The number of rotatable bonds is 8. The fourth-order valence-corrected chi connectivity index (χ4v) is 2.59. The van der Waals surface area contributed by atoms with Crippen LogP contribution in [-0.4, -0.2) is 4.57 Å². The van der Waals surface area contributed by atoms with E-state index in [2.05, 4.69) is 72.5 Å². The number of aromatic nitrogens is 1. The first-order valence-electron chi connectivity index (χ1n) is 7.76. The standard InChI is InChI=1S/C18H26N2/c1-3-8-18(17-9-6-5-7-10-17)19-14-16-11-13-20(15-16)12-4-2/h5-7,9-11,13,15,18-19H,3-4,8,12,14H2,1-2H3. The van der Waals surface area contributed by atoms with Gasteiger partial charge in [-0.3, -0.25) is 0 Å². The van der Waals surface area contributed by atoms with Crippen LogP contribution < -0.4 is 5.32 Å². The summed E-state index contributed by atoms with van der Waals surface area (Å²) in [5.41, 5.74) is 2.76. The van der Waals surface area contributed by atoms with E-state index < -0.39 is 0 Å². The van der Waals surface area contributed by atoms with Crippen LogP contribution in [0.4, 0.5) is 0 Å². The predicted octanol–water partition coefficient (Wildman–Crippen LogP) is 4.53. The van der Waals surface area contributed by atoms with E-state index >= 15 is 0 Å². The first-order valence-corrected chi connectivity index (χ1v) is 7.76. The van der Waals surface area contributed by atoms with Gasteiger partial charge in [0.05, 0.1) is 0 Å². The molecule has 0 fully saturated rings. The van der Waals surface area contributed by atoms with Crippen LogP contribution in [0.3, 0.4) is 0 Å². The molecule has 1 heterocycles. The Morgan fingerprint density at radius 2 is 1.85 bits per heavy atom. The molecule has 2 nitrogen and oxygen atoms in total. The van der Waals surface area contributed by atoms with Crippen LogP contribution in [0.5, 0.6) is 0 Å². The highest BCUT2D eigenvalue weighted by molar-refractivity contribution is 5.19. The maximum Gasteiger partial charge on any atom is 0.0323 e. The van der Waals surface area contributed by atoms with E-state index in [9.17, 15) is 0 Å². The molecule has 0 spiro atoms. The molecule has 1 atom stereocenters. The zero-order valence-corrected chi connectivity index (χ0v) is 12.7. The number of aryl methyl sites for hydroxylation is 1. The number of benzene rings is 1. The maximum atomic E-state index is 3.70. The molecule has 0 amide bonds. The van der Waals surface area contributed by atoms with Gasteiger partial charge in [0.25, 0.3) is 0 Å². The van der Waals surface area contributed by atoms with Crippen molar-refractivity contribution in [1.29, 1.82) is 0 Å². The fraction of sp³-hybridized carbons (Fsp3) is 0.444. The quantitative estimate of drug-likeness (QED) is 0.745. The molecule has 1 unspecified atom stereocenters. The zero-order valence-electron chi connectivity index (χ0n) is 12.7. The van der Waals surface area contributed by atoms with E-state index in [1.807, 2.05) is 0 Å². The molecule has 0 saturated carbocycles. The van der Waals surface area contributed by atoms with Crippen LogP contribution in [0.1, 0.15) is 50.3 Å². The molecule has 0 aliphatic carbocycles. The summed E-state index contributed by atoms with van der Waals surface area (Å²) >= 11 is 0. The van der Waals surface area contributed by atoms with Gasteiger partial charge in [-0.15, -0.1) is 0 Å². The molecule has 1 aromatic heterocycles. The highest BCUT2D eigenvalue weighted by atomic mass is 15.0. The highest BCUT2D eigenvalue weighted by Gasteiger charge is 2.09. The van der Waals surface area contributed by atoms with E-state index in [0.717, 1.165) is 13.1 Å². The molecule has 2 aromatic rings. The van der Waals surface area contributed by atoms with Crippen LogP contribution >= 0.6 is 0 Å². The monoisotopic (exact) mass is 270 g/mol. The largest absolute Gasteiger partial charge is 0.354 e. The van der Waals surface area contributed by atoms with Crippen molar-refractivity contribution in [2.75, 3.05) is 0 Å². The lowest BCUT2D eigenvalue weighted by Gasteiger charge is -2.18. The molecule has 0 bridgehead atoms. The van der Waals surface area contributed by atoms with E-state index in [4.69, 9.17) is 0 Å². The van der Waals surface area contributed by atoms with Crippen molar-refractivity contribution in [2.24, 2.45) is 0 Å². The molecule has 1 aromatic carbocycles. The van der Waals surface area contributed by atoms with E-state index in [-0.39, 0.29) is 0 Å². The Hall–Kier alpha value is -1.54. The molecule has 108 valence electrons. The lowest BCUT2D eigenvalue weighted by Crippen LogP contribution is -2.20. The smallest absolute Gasteiger partial charge is 0.0323 e. The van der Waals surface area contributed by atoms with Gasteiger partial charge in [-0.05, 0) is 30.0 Å². The van der Waals surface area contributed by atoms with Gasteiger partial charge in [0.2, 0.25) is 0 Å². The minimum atomic E-state index is 0.454. The van der Waals surface area contributed by atoms with Crippen LogP contribution in [0.2, 0.25) is 0 Å². The van der Waals surface area contributed by atoms with Crippen LogP contribution in [0.25, 0.3) is 0 Å². The lowest BCUT2D eigenvalue weighted by molar-refractivity contribution is 0.493. The SMILES string of the molecule is CCCC(NCc1ccn(CCC)c1)c1ccccc1. The van der Waals surface area contributed by atoms with Gasteiger partial charge in [0.1, 0.15) is 0 Å². The summed E-state index contributed by atoms with van der Waals surface area (Å²) in [7, 11) is 0. The fourth-order valence-electron chi connectivity index (χ4n) is 2.59. The van der Waals surface area contributed by atoms with Crippen LogP contribution in [0.15, 0.2) is 48.8 Å². The van der Waals surface area contributed by atoms with E-state index in [1.165, 1.54) is 30.4 Å². The average molecular weight is 270 g/mol. The van der Waals surface area contributed by atoms with Gasteiger partial charge < -0.3 is 9.88 Å². The molecule has 0 aliphatic heterocycles. The van der Waals surface area contributed by atoms with Gasteiger partial charge in [0, 0.05) is 31.5 Å². The Balaban J connectivity index is 1.94. The topological polar surface area (TPSA) is 17.0 Å². The summed E-state index contributed by atoms with van der Waals surface area (Å²) in [6.07, 6.45) is 8.00. The van der Waals surface area contributed by atoms with Crippen molar-refractivity contribution < 1.29 is 0 Å². The molecule has 20 heavy (non-hydrogen) atoms. The second kappa shape index (κ2) is 7.91. The Morgan fingerprint density at radius 1 is 1.05 bits per heavy atom. The third kappa shape index (κ3) is 4.24. The van der Waals surface area contributed by atoms with E-state index in [1.54, 1.807) is 0 Å². The van der Waals surface area contributed by atoms with Gasteiger partial charge in [0.15, 0.2) is 0 Å². The third-order valence-electron chi connectivity index (χ3n) is 3.63. The Bertz CT molecular complexity index is 487.